The van der Waals surface area contributed by atoms with Gasteiger partial charge in [0.15, 0.2) is 0 Å². The summed E-state index contributed by atoms with van der Waals surface area (Å²) in [6.07, 6.45) is 2.89. The van der Waals surface area contributed by atoms with E-state index in [1.165, 1.54) is 12.1 Å². The van der Waals surface area contributed by atoms with Crippen LogP contribution in [-0.4, -0.2) is 30.5 Å². The van der Waals surface area contributed by atoms with Crippen LogP contribution < -0.4 is 10.6 Å². The number of carbonyl (C=O) groups is 1. The molecule has 0 saturated heterocycles. The first-order valence-electron chi connectivity index (χ1n) is 9.14. The van der Waals surface area contributed by atoms with E-state index in [-0.39, 0.29) is 36.2 Å². The lowest BCUT2D eigenvalue weighted by Crippen LogP contribution is -2.53. The molecule has 0 bridgehead atoms. The van der Waals surface area contributed by atoms with Gasteiger partial charge in [-0.2, -0.15) is 0 Å². The summed E-state index contributed by atoms with van der Waals surface area (Å²) in [4.78, 5) is 12.0. The molecule has 2 fully saturated rings. The number of carbonyl (C=O) groups excluding carboxylic acids is 1. The topological polar surface area (TPSA) is 41.1 Å². The normalized spacial score (nSPS) is 25.5. The Morgan fingerprint density at radius 3 is 2.50 bits per heavy atom. The standard InChI is InChI=1S/C19H24ClF3N2O/c20-14-5-13(6-15(21)8-14)7-18(26)25-17-9-16(10-17)24-11-12-1-3-19(22,23)4-2-12/h5-6,8,12,16-17,24H,1-4,7,9-11H2,(H,25,26)/t16-,17-. The van der Waals surface area contributed by atoms with Gasteiger partial charge in [0.25, 0.3) is 0 Å². The smallest absolute Gasteiger partial charge is 0.248 e. The van der Waals surface area contributed by atoms with E-state index in [4.69, 9.17) is 11.6 Å². The van der Waals surface area contributed by atoms with Gasteiger partial charge in [-0.05, 0) is 61.9 Å². The molecule has 0 unspecified atom stereocenters. The number of hydrogen-bond acceptors (Lipinski definition) is 2. The van der Waals surface area contributed by atoms with Crippen molar-refractivity contribution in [1.82, 2.24) is 10.6 Å². The van der Waals surface area contributed by atoms with E-state index in [9.17, 15) is 18.0 Å². The molecular weight excluding hydrogens is 365 g/mol. The van der Waals surface area contributed by atoms with E-state index < -0.39 is 11.7 Å². The van der Waals surface area contributed by atoms with Crippen LogP contribution in [0.15, 0.2) is 18.2 Å². The quantitative estimate of drug-likeness (QED) is 0.770. The summed E-state index contributed by atoms with van der Waals surface area (Å²) in [5, 5.41) is 6.64. The van der Waals surface area contributed by atoms with Gasteiger partial charge in [0.05, 0.1) is 6.42 Å². The van der Waals surface area contributed by atoms with Crippen molar-refractivity contribution in [2.24, 2.45) is 5.92 Å². The molecule has 7 heteroatoms. The van der Waals surface area contributed by atoms with Gasteiger partial charge in [0.2, 0.25) is 11.8 Å². The van der Waals surface area contributed by atoms with Crippen LogP contribution >= 0.6 is 11.6 Å². The van der Waals surface area contributed by atoms with E-state index in [1.54, 1.807) is 6.07 Å². The Hall–Kier alpha value is -1.27. The molecule has 144 valence electrons. The van der Waals surface area contributed by atoms with Crippen LogP contribution in [0.1, 0.15) is 44.1 Å². The molecule has 2 aliphatic rings. The zero-order valence-electron chi connectivity index (χ0n) is 14.5. The van der Waals surface area contributed by atoms with E-state index in [0.717, 1.165) is 19.4 Å². The van der Waals surface area contributed by atoms with Crippen LogP contribution in [-0.2, 0) is 11.2 Å². The van der Waals surface area contributed by atoms with Crippen LogP contribution in [0.5, 0.6) is 0 Å². The van der Waals surface area contributed by atoms with Crippen molar-refractivity contribution < 1.29 is 18.0 Å². The second-order valence-electron chi connectivity index (χ2n) is 7.59. The molecule has 0 heterocycles. The lowest BCUT2D eigenvalue weighted by molar-refractivity contribution is -0.121. The number of amides is 1. The summed E-state index contributed by atoms with van der Waals surface area (Å²) in [7, 11) is 0. The van der Waals surface area contributed by atoms with Crippen LogP contribution in [0.2, 0.25) is 5.02 Å². The molecule has 3 nitrogen and oxygen atoms in total. The monoisotopic (exact) mass is 388 g/mol. The molecule has 0 spiro atoms. The minimum atomic E-state index is -2.48. The van der Waals surface area contributed by atoms with Crippen LogP contribution in [0.25, 0.3) is 0 Å². The third kappa shape index (κ3) is 5.61. The molecule has 1 amide bonds. The Morgan fingerprint density at radius 2 is 1.85 bits per heavy atom. The van der Waals surface area contributed by atoms with Gasteiger partial charge in [0.1, 0.15) is 5.82 Å². The summed E-state index contributed by atoms with van der Waals surface area (Å²) in [5.74, 6) is -2.76. The SMILES string of the molecule is O=C(Cc1cc(F)cc(Cl)c1)N[C@H]1C[C@H](NCC2CCC(F)(F)CC2)C1. The summed E-state index contributed by atoms with van der Waals surface area (Å²) in [5.41, 5.74) is 0.551. The molecule has 1 aromatic carbocycles. The number of hydrogen-bond donors (Lipinski definition) is 2. The van der Waals surface area contributed by atoms with Crippen molar-refractivity contribution in [2.45, 2.75) is 63.0 Å². The fourth-order valence-electron chi connectivity index (χ4n) is 3.72. The summed E-state index contributed by atoms with van der Waals surface area (Å²) in [6.45, 7) is 0.767. The van der Waals surface area contributed by atoms with Gasteiger partial charge >= 0.3 is 0 Å². The van der Waals surface area contributed by atoms with Gasteiger partial charge in [0, 0.05) is 29.9 Å². The van der Waals surface area contributed by atoms with Gasteiger partial charge < -0.3 is 10.6 Å². The molecule has 2 saturated carbocycles. The molecule has 0 aliphatic heterocycles. The lowest BCUT2D eigenvalue weighted by atomic mass is 9.84. The second kappa shape index (κ2) is 8.17. The highest BCUT2D eigenvalue weighted by molar-refractivity contribution is 6.30. The van der Waals surface area contributed by atoms with Gasteiger partial charge in [-0.25, -0.2) is 13.2 Å². The van der Waals surface area contributed by atoms with Crippen molar-refractivity contribution in [1.29, 1.82) is 0 Å². The van der Waals surface area contributed by atoms with Crippen molar-refractivity contribution >= 4 is 17.5 Å². The Kier molecular flexibility index (Phi) is 6.13. The first kappa shape index (κ1) is 19.5. The van der Waals surface area contributed by atoms with Crippen LogP contribution in [0.4, 0.5) is 13.2 Å². The Balaban J connectivity index is 1.32. The Bertz CT molecular complexity index is 619. The Morgan fingerprint density at radius 1 is 1.15 bits per heavy atom. The summed E-state index contributed by atoms with van der Waals surface area (Å²) >= 11 is 5.79. The molecule has 2 N–H and O–H groups in total. The average molecular weight is 389 g/mol. The number of halogens is 4. The number of nitrogens with one attached hydrogen (secondary N) is 2. The van der Waals surface area contributed by atoms with Crippen LogP contribution in [0, 0.1) is 11.7 Å². The fraction of sp³-hybridized carbons (Fsp3) is 0.632. The molecule has 2 aliphatic carbocycles. The van der Waals surface area contributed by atoms with Gasteiger partial charge in [-0.3, -0.25) is 4.79 Å². The van der Waals surface area contributed by atoms with Gasteiger partial charge in [-0.15, -0.1) is 0 Å². The minimum Gasteiger partial charge on any atom is -0.353 e. The maximum atomic E-state index is 13.3. The zero-order chi connectivity index (χ0) is 18.7. The summed E-state index contributed by atoms with van der Waals surface area (Å²) in [6, 6.07) is 4.54. The van der Waals surface area contributed by atoms with Crippen molar-refractivity contribution in [3.8, 4) is 0 Å². The predicted octanol–water partition coefficient (Wildman–Crippen LogP) is 4.08. The largest absolute Gasteiger partial charge is 0.353 e. The van der Waals surface area contributed by atoms with E-state index in [1.807, 2.05) is 0 Å². The lowest BCUT2D eigenvalue weighted by Gasteiger charge is -2.38. The molecule has 0 atom stereocenters. The molecule has 26 heavy (non-hydrogen) atoms. The Labute approximate surface area is 156 Å². The fourth-order valence-corrected chi connectivity index (χ4v) is 3.96. The molecule has 0 radical (unpaired) electrons. The van der Waals surface area contributed by atoms with Crippen molar-refractivity contribution in [3.63, 3.8) is 0 Å². The molecule has 1 aromatic rings. The predicted molar refractivity (Wildman–Crippen MR) is 95.0 cm³/mol. The number of rotatable bonds is 6. The van der Waals surface area contributed by atoms with Crippen LogP contribution in [0.3, 0.4) is 0 Å². The first-order valence-corrected chi connectivity index (χ1v) is 9.52. The number of benzene rings is 1. The van der Waals surface area contributed by atoms with E-state index in [2.05, 4.69) is 10.6 Å². The molecule has 3 rings (SSSR count). The highest BCUT2D eigenvalue weighted by Gasteiger charge is 2.36. The maximum Gasteiger partial charge on any atom is 0.248 e. The zero-order valence-corrected chi connectivity index (χ0v) is 15.3. The maximum absolute atomic E-state index is 13.3. The second-order valence-corrected chi connectivity index (χ2v) is 8.03. The highest BCUT2D eigenvalue weighted by atomic mass is 35.5. The third-order valence-corrected chi connectivity index (χ3v) is 5.54. The third-order valence-electron chi connectivity index (χ3n) is 5.32. The van der Waals surface area contributed by atoms with Gasteiger partial charge in [-0.1, -0.05) is 11.6 Å². The minimum absolute atomic E-state index is 0.00715. The van der Waals surface area contributed by atoms with E-state index >= 15 is 0 Å². The van der Waals surface area contributed by atoms with Crippen molar-refractivity contribution in [3.05, 3.63) is 34.6 Å². The number of alkyl halides is 2. The van der Waals surface area contributed by atoms with Crippen molar-refractivity contribution in [2.75, 3.05) is 6.54 Å². The molecular formula is C19H24ClF3N2O. The van der Waals surface area contributed by atoms with E-state index in [0.29, 0.717) is 30.4 Å². The average Bonchev–Trinajstić information content (AvgIpc) is 2.49. The summed E-state index contributed by atoms with van der Waals surface area (Å²) < 4.78 is 39.6. The highest BCUT2D eigenvalue weighted by Crippen LogP contribution is 2.36. The first-order chi connectivity index (χ1) is 12.3. The molecule has 0 aromatic heterocycles.